The Balaban J connectivity index is 1.48. The molecule has 0 bridgehead atoms. The van der Waals surface area contributed by atoms with Crippen molar-refractivity contribution in [2.24, 2.45) is 0 Å². The predicted octanol–water partition coefficient (Wildman–Crippen LogP) is 4.01. The smallest absolute Gasteiger partial charge is 0.246 e. The maximum absolute atomic E-state index is 11.6. The van der Waals surface area contributed by atoms with Crippen molar-refractivity contribution < 1.29 is 12.8 Å². The maximum Gasteiger partial charge on any atom is 0.246 e. The van der Waals surface area contributed by atoms with E-state index < -0.39 is 9.84 Å². The van der Waals surface area contributed by atoms with E-state index in [1.54, 1.807) is 18.3 Å². The molecule has 3 aromatic rings. The zero-order chi connectivity index (χ0) is 19.9. The van der Waals surface area contributed by atoms with Crippen LogP contribution in [-0.2, 0) is 29.3 Å². The summed E-state index contributed by atoms with van der Waals surface area (Å²) >= 11 is 12.0. The number of furan rings is 1. The lowest BCUT2D eigenvalue weighted by Crippen LogP contribution is -2.31. The van der Waals surface area contributed by atoms with Crippen LogP contribution in [0.2, 0.25) is 10.0 Å². The molecule has 6 nitrogen and oxygen atoms in total. The minimum absolute atomic E-state index is 0.114. The van der Waals surface area contributed by atoms with Gasteiger partial charge in [-0.25, -0.2) is 18.4 Å². The lowest BCUT2D eigenvalue weighted by molar-refractivity contribution is 0.223. The van der Waals surface area contributed by atoms with Crippen LogP contribution in [0.1, 0.15) is 17.0 Å². The van der Waals surface area contributed by atoms with Crippen LogP contribution in [0.4, 0.5) is 0 Å². The Kier molecular flexibility index (Phi) is 5.18. The number of hydrogen-bond acceptors (Lipinski definition) is 6. The van der Waals surface area contributed by atoms with Gasteiger partial charge in [0.05, 0.1) is 22.3 Å². The van der Waals surface area contributed by atoms with Crippen molar-refractivity contribution in [2.75, 3.05) is 12.8 Å². The molecule has 0 saturated heterocycles. The van der Waals surface area contributed by atoms with Gasteiger partial charge in [-0.05, 0) is 30.3 Å². The Bertz CT molecular complexity index is 1150. The van der Waals surface area contributed by atoms with Crippen LogP contribution in [0.15, 0.2) is 46.1 Å². The van der Waals surface area contributed by atoms with E-state index in [1.165, 1.54) is 0 Å². The molecule has 0 atom stereocenters. The van der Waals surface area contributed by atoms with E-state index in [2.05, 4.69) is 14.9 Å². The molecule has 3 heterocycles. The van der Waals surface area contributed by atoms with Crippen LogP contribution >= 0.6 is 23.2 Å². The number of hydrogen-bond donors (Lipinski definition) is 0. The Hall–Kier alpha value is -1.93. The number of sulfone groups is 1. The molecule has 0 radical (unpaired) electrons. The summed E-state index contributed by atoms with van der Waals surface area (Å²) < 4.78 is 29.2. The van der Waals surface area contributed by atoms with Crippen molar-refractivity contribution in [3.05, 3.63) is 63.6 Å². The van der Waals surface area contributed by atoms with Crippen LogP contribution in [0.25, 0.3) is 11.3 Å². The first-order valence-electron chi connectivity index (χ1n) is 8.61. The number of halogens is 2. The molecule has 0 N–H and O–H groups in total. The van der Waals surface area contributed by atoms with E-state index in [4.69, 9.17) is 27.6 Å². The fraction of sp³-hybridized carbons (Fsp3) is 0.263. The first-order chi connectivity index (χ1) is 13.3. The average Bonchev–Trinajstić information content (AvgIpc) is 3.11. The topological polar surface area (TPSA) is 76.3 Å². The maximum atomic E-state index is 11.6. The van der Waals surface area contributed by atoms with Gasteiger partial charge in [0.2, 0.25) is 15.0 Å². The van der Waals surface area contributed by atoms with Gasteiger partial charge < -0.3 is 4.42 Å². The summed E-state index contributed by atoms with van der Waals surface area (Å²) in [6.45, 7) is 2.03. The summed E-state index contributed by atoms with van der Waals surface area (Å²) in [6, 6.07) is 9.24. The number of fused-ring (bicyclic) bond motifs is 1. The Morgan fingerprint density at radius 2 is 2.00 bits per heavy atom. The highest BCUT2D eigenvalue weighted by Crippen LogP contribution is 2.30. The van der Waals surface area contributed by atoms with Crippen LogP contribution in [-0.4, -0.2) is 36.1 Å². The molecule has 28 heavy (non-hydrogen) atoms. The van der Waals surface area contributed by atoms with Crippen molar-refractivity contribution in [3.8, 4) is 11.3 Å². The molecule has 0 unspecified atom stereocenters. The number of rotatable bonds is 4. The second kappa shape index (κ2) is 7.48. The highest BCUT2D eigenvalue weighted by Gasteiger charge is 2.22. The standard InChI is InChI=1S/C19H17Cl2N3O3S/c1-28(25,26)19-22-9-13-10-24(7-6-17(13)23-19)11-14-3-5-18(27-14)12-2-4-15(20)16(21)8-12/h2-5,8-9H,6-7,10-11H2,1H3. The van der Waals surface area contributed by atoms with Crippen molar-refractivity contribution in [1.82, 2.24) is 14.9 Å². The molecule has 0 spiro atoms. The summed E-state index contributed by atoms with van der Waals surface area (Å²) in [6.07, 6.45) is 3.39. The van der Waals surface area contributed by atoms with Gasteiger partial charge in [-0.1, -0.05) is 23.2 Å². The second-order valence-corrected chi connectivity index (χ2v) is 9.48. The number of nitrogens with zero attached hydrogens (tertiary/aromatic N) is 3. The Labute approximate surface area is 173 Å². The molecule has 9 heteroatoms. The van der Waals surface area contributed by atoms with Gasteiger partial charge in [-0.3, -0.25) is 4.90 Å². The predicted molar refractivity (Wildman–Crippen MR) is 107 cm³/mol. The average molecular weight is 438 g/mol. The van der Waals surface area contributed by atoms with Crippen molar-refractivity contribution in [1.29, 1.82) is 0 Å². The van der Waals surface area contributed by atoms with Gasteiger partial charge in [-0.15, -0.1) is 0 Å². The zero-order valence-electron chi connectivity index (χ0n) is 15.0. The van der Waals surface area contributed by atoms with E-state index in [0.717, 1.165) is 41.1 Å². The largest absolute Gasteiger partial charge is 0.460 e. The molecular formula is C19H17Cl2N3O3S. The summed E-state index contributed by atoms with van der Waals surface area (Å²) in [4.78, 5) is 10.4. The lowest BCUT2D eigenvalue weighted by Gasteiger charge is -2.27. The SMILES string of the molecule is CS(=O)(=O)c1ncc2c(n1)CCN(Cc1ccc(-c3ccc(Cl)c(Cl)c3)o1)C2. The molecule has 1 aliphatic rings. The minimum atomic E-state index is -3.40. The van der Waals surface area contributed by atoms with Gasteiger partial charge in [0.1, 0.15) is 11.5 Å². The molecule has 146 valence electrons. The molecular weight excluding hydrogens is 421 g/mol. The monoisotopic (exact) mass is 437 g/mol. The lowest BCUT2D eigenvalue weighted by atomic mass is 10.1. The summed E-state index contributed by atoms with van der Waals surface area (Å²) in [7, 11) is -3.40. The van der Waals surface area contributed by atoms with Crippen LogP contribution < -0.4 is 0 Å². The zero-order valence-corrected chi connectivity index (χ0v) is 17.4. The van der Waals surface area contributed by atoms with Gasteiger partial charge in [0, 0.05) is 43.1 Å². The van der Waals surface area contributed by atoms with E-state index >= 15 is 0 Å². The fourth-order valence-electron chi connectivity index (χ4n) is 3.16. The molecule has 0 aliphatic carbocycles. The molecule has 0 fully saturated rings. The van der Waals surface area contributed by atoms with Crippen LogP contribution in [0, 0.1) is 0 Å². The second-order valence-electron chi connectivity index (χ2n) is 6.75. The van der Waals surface area contributed by atoms with E-state index in [0.29, 0.717) is 29.6 Å². The van der Waals surface area contributed by atoms with Gasteiger partial charge in [0.15, 0.2) is 0 Å². The molecule has 1 aromatic carbocycles. The van der Waals surface area contributed by atoms with Gasteiger partial charge in [-0.2, -0.15) is 0 Å². The highest BCUT2D eigenvalue weighted by molar-refractivity contribution is 7.90. The fourth-order valence-corrected chi connectivity index (χ4v) is 3.98. The highest BCUT2D eigenvalue weighted by atomic mass is 35.5. The summed E-state index contributed by atoms with van der Waals surface area (Å²) in [5, 5.41) is 0.876. The molecule has 2 aromatic heterocycles. The number of benzene rings is 1. The van der Waals surface area contributed by atoms with Crippen molar-refractivity contribution >= 4 is 33.0 Å². The summed E-state index contributed by atoms with van der Waals surface area (Å²) in [5.41, 5.74) is 2.60. The third-order valence-corrected chi connectivity index (χ3v) is 6.17. The Morgan fingerprint density at radius 3 is 2.75 bits per heavy atom. The molecule has 0 amide bonds. The van der Waals surface area contributed by atoms with Gasteiger partial charge in [0.25, 0.3) is 0 Å². The van der Waals surface area contributed by atoms with E-state index in [-0.39, 0.29) is 5.16 Å². The quantitative estimate of drug-likeness (QED) is 0.573. The molecule has 4 rings (SSSR count). The first-order valence-corrected chi connectivity index (χ1v) is 11.3. The third-order valence-electron chi connectivity index (χ3n) is 4.57. The van der Waals surface area contributed by atoms with Crippen LogP contribution in [0.5, 0.6) is 0 Å². The summed E-state index contributed by atoms with van der Waals surface area (Å²) in [5.74, 6) is 1.56. The van der Waals surface area contributed by atoms with Crippen molar-refractivity contribution in [3.63, 3.8) is 0 Å². The van der Waals surface area contributed by atoms with Crippen LogP contribution in [0.3, 0.4) is 0 Å². The third kappa shape index (κ3) is 4.07. The Morgan fingerprint density at radius 1 is 1.18 bits per heavy atom. The normalized spacial score (nSPS) is 14.8. The van der Waals surface area contributed by atoms with E-state index in [9.17, 15) is 8.42 Å². The van der Waals surface area contributed by atoms with Crippen molar-refractivity contribution in [2.45, 2.75) is 24.7 Å². The number of aromatic nitrogens is 2. The van der Waals surface area contributed by atoms with E-state index in [1.807, 2.05) is 18.2 Å². The molecule has 1 aliphatic heterocycles. The first kappa shape index (κ1) is 19.4. The van der Waals surface area contributed by atoms with Gasteiger partial charge >= 0.3 is 0 Å². The molecule has 0 saturated carbocycles. The minimum Gasteiger partial charge on any atom is -0.460 e.